The summed E-state index contributed by atoms with van der Waals surface area (Å²) in [7, 11) is 0. The molecule has 104 valence electrons. The number of nitrogens with zero attached hydrogens (tertiary/aromatic N) is 1. The molecule has 0 radical (unpaired) electrons. The van der Waals surface area contributed by atoms with E-state index >= 15 is 0 Å². The Hall–Kier alpha value is -1.47. The third kappa shape index (κ3) is 4.60. The molecule has 19 heavy (non-hydrogen) atoms. The predicted octanol–water partition coefficient (Wildman–Crippen LogP) is 2.77. The van der Waals surface area contributed by atoms with Crippen LogP contribution in [0.3, 0.4) is 0 Å². The third-order valence-corrected chi connectivity index (χ3v) is 3.20. The van der Waals surface area contributed by atoms with Gasteiger partial charge in [-0.2, -0.15) is 0 Å². The molecule has 1 aromatic rings. The van der Waals surface area contributed by atoms with Gasteiger partial charge in [0.1, 0.15) is 0 Å². The summed E-state index contributed by atoms with van der Waals surface area (Å²) in [5, 5.41) is 22.5. The second-order valence-corrected chi connectivity index (χ2v) is 5.17. The van der Waals surface area contributed by atoms with Crippen LogP contribution in [0.1, 0.15) is 25.3 Å². The van der Waals surface area contributed by atoms with E-state index < -0.39 is 11.0 Å². The minimum Gasteiger partial charge on any atom is -0.393 e. The molecule has 0 saturated carbocycles. The lowest BCUT2D eigenvalue weighted by Gasteiger charge is -2.09. The highest BCUT2D eigenvalue weighted by Crippen LogP contribution is 2.30. The molecule has 1 rings (SSSR count). The highest BCUT2D eigenvalue weighted by Gasteiger charge is 2.15. The smallest absolute Gasteiger partial charge is 0.274 e. The van der Waals surface area contributed by atoms with Crippen LogP contribution in [0.4, 0.5) is 11.4 Å². The molecule has 7 heteroatoms. The summed E-state index contributed by atoms with van der Waals surface area (Å²) in [6.07, 6.45) is -0.0510. The summed E-state index contributed by atoms with van der Waals surface area (Å²) < 4.78 is 0.584. The number of benzene rings is 1. The number of amides is 1. The molecule has 2 N–H and O–H groups in total. The molecule has 6 nitrogen and oxygen atoms in total. The zero-order valence-corrected chi connectivity index (χ0v) is 12.2. The van der Waals surface area contributed by atoms with Gasteiger partial charge in [0.25, 0.3) is 5.69 Å². The van der Waals surface area contributed by atoms with Crippen molar-refractivity contribution in [2.24, 2.45) is 0 Å². The largest absolute Gasteiger partial charge is 0.393 e. The van der Waals surface area contributed by atoms with Crippen molar-refractivity contribution in [1.82, 2.24) is 0 Å². The Morgan fingerprint density at radius 3 is 2.74 bits per heavy atom. The number of nitrogens with one attached hydrogen (secondary N) is 1. The fraction of sp³-hybridized carbons (Fsp3) is 0.417. The molecule has 0 aromatic heterocycles. The predicted molar refractivity (Wildman–Crippen MR) is 75.1 cm³/mol. The highest BCUT2D eigenvalue weighted by atomic mass is 79.9. The van der Waals surface area contributed by atoms with Crippen molar-refractivity contribution in [2.75, 3.05) is 5.32 Å². The first-order chi connectivity index (χ1) is 8.81. The van der Waals surface area contributed by atoms with E-state index in [1.165, 1.54) is 6.07 Å². The molecule has 0 saturated heterocycles. The van der Waals surface area contributed by atoms with Crippen molar-refractivity contribution in [3.8, 4) is 0 Å². The maximum Gasteiger partial charge on any atom is 0.274 e. The summed E-state index contributed by atoms with van der Waals surface area (Å²) in [4.78, 5) is 22.0. The molecule has 0 aliphatic carbocycles. The van der Waals surface area contributed by atoms with Crippen LogP contribution in [0, 0.1) is 17.0 Å². The van der Waals surface area contributed by atoms with E-state index in [4.69, 9.17) is 5.11 Å². The van der Waals surface area contributed by atoms with Crippen LogP contribution in [0.25, 0.3) is 0 Å². The lowest BCUT2D eigenvalue weighted by atomic mass is 10.1. The second-order valence-electron chi connectivity index (χ2n) is 4.31. The monoisotopic (exact) mass is 330 g/mol. The number of nitro groups is 1. The lowest BCUT2D eigenvalue weighted by molar-refractivity contribution is -0.385. The van der Waals surface area contributed by atoms with E-state index in [-0.39, 0.29) is 18.0 Å². The average Bonchev–Trinajstić information content (AvgIpc) is 2.29. The van der Waals surface area contributed by atoms with Crippen LogP contribution in [0.15, 0.2) is 16.6 Å². The van der Waals surface area contributed by atoms with Crippen LogP contribution < -0.4 is 5.32 Å². The number of aryl methyl sites for hydroxylation is 1. The lowest BCUT2D eigenvalue weighted by Crippen LogP contribution is -2.14. The molecule has 0 aliphatic heterocycles. The summed E-state index contributed by atoms with van der Waals surface area (Å²) in [5.41, 5.74) is 0.820. The Morgan fingerprint density at radius 1 is 1.58 bits per heavy atom. The van der Waals surface area contributed by atoms with Crippen molar-refractivity contribution in [3.05, 3.63) is 32.3 Å². The quantitative estimate of drug-likeness (QED) is 0.641. The van der Waals surface area contributed by atoms with Gasteiger partial charge in [-0.1, -0.05) is 0 Å². The second kappa shape index (κ2) is 6.63. The molecule has 1 unspecified atom stereocenters. The summed E-state index contributed by atoms with van der Waals surface area (Å²) >= 11 is 3.25. The number of hydrogen-bond donors (Lipinski definition) is 2. The van der Waals surface area contributed by atoms with Gasteiger partial charge < -0.3 is 10.4 Å². The molecular weight excluding hydrogens is 316 g/mol. The number of hydrogen-bond acceptors (Lipinski definition) is 4. The van der Waals surface area contributed by atoms with Crippen LogP contribution in [0.2, 0.25) is 0 Å². The SMILES string of the molecule is Cc1cc(Br)c(NC(=O)CCC(C)O)cc1[N+](=O)[O-]. The summed E-state index contributed by atoms with van der Waals surface area (Å²) in [5.74, 6) is -0.292. The molecule has 1 amide bonds. The van der Waals surface area contributed by atoms with Crippen molar-refractivity contribution in [2.45, 2.75) is 32.8 Å². The minimum atomic E-state index is -0.554. The van der Waals surface area contributed by atoms with Crippen LogP contribution in [-0.4, -0.2) is 22.0 Å². The molecule has 0 bridgehead atoms. The van der Waals surface area contributed by atoms with E-state index in [2.05, 4.69) is 21.2 Å². The van der Waals surface area contributed by atoms with Gasteiger partial charge in [-0.3, -0.25) is 14.9 Å². The van der Waals surface area contributed by atoms with Crippen LogP contribution in [0.5, 0.6) is 0 Å². The normalized spacial score (nSPS) is 12.0. The molecule has 1 aromatic carbocycles. The molecule has 1 atom stereocenters. The maximum absolute atomic E-state index is 11.6. The Balaban J connectivity index is 2.86. The first-order valence-electron chi connectivity index (χ1n) is 5.73. The van der Waals surface area contributed by atoms with Gasteiger partial charge in [0.15, 0.2) is 0 Å². The molecule has 0 fully saturated rings. The van der Waals surface area contributed by atoms with E-state index in [1.807, 2.05) is 0 Å². The van der Waals surface area contributed by atoms with Gasteiger partial charge in [0.2, 0.25) is 5.91 Å². The van der Waals surface area contributed by atoms with Gasteiger partial charge in [-0.15, -0.1) is 0 Å². The molecular formula is C12H15BrN2O4. The number of halogens is 1. The van der Waals surface area contributed by atoms with E-state index in [0.717, 1.165) is 0 Å². The van der Waals surface area contributed by atoms with Gasteiger partial charge in [0.05, 0.1) is 16.7 Å². The van der Waals surface area contributed by atoms with Gasteiger partial charge in [0, 0.05) is 22.5 Å². The van der Waals surface area contributed by atoms with Gasteiger partial charge in [-0.05, 0) is 42.3 Å². The number of aliphatic hydroxyl groups excluding tert-OH is 1. The number of nitro benzene ring substituents is 1. The Morgan fingerprint density at radius 2 is 2.21 bits per heavy atom. The Bertz CT molecular complexity index is 503. The van der Waals surface area contributed by atoms with Crippen molar-refractivity contribution in [3.63, 3.8) is 0 Å². The van der Waals surface area contributed by atoms with E-state index in [0.29, 0.717) is 22.1 Å². The summed E-state index contributed by atoms with van der Waals surface area (Å²) in [6, 6.07) is 2.90. The minimum absolute atomic E-state index is 0.0472. The average molecular weight is 331 g/mol. The van der Waals surface area contributed by atoms with Crippen LogP contribution in [-0.2, 0) is 4.79 Å². The zero-order valence-electron chi connectivity index (χ0n) is 10.6. The maximum atomic E-state index is 11.6. The molecule has 0 heterocycles. The van der Waals surface area contributed by atoms with E-state index in [1.54, 1.807) is 19.9 Å². The zero-order chi connectivity index (χ0) is 14.6. The first kappa shape index (κ1) is 15.6. The first-order valence-corrected chi connectivity index (χ1v) is 6.53. The Labute approximate surface area is 119 Å². The van der Waals surface area contributed by atoms with Crippen molar-refractivity contribution < 1.29 is 14.8 Å². The standard InChI is InChI=1S/C12H15BrN2O4/c1-7-5-9(13)10(6-11(7)15(18)19)14-12(17)4-3-8(2)16/h5-6,8,16H,3-4H2,1-2H3,(H,14,17). The summed E-state index contributed by atoms with van der Waals surface area (Å²) in [6.45, 7) is 3.22. The number of carbonyl (C=O) groups is 1. The van der Waals surface area contributed by atoms with Crippen molar-refractivity contribution in [1.29, 1.82) is 0 Å². The van der Waals surface area contributed by atoms with E-state index in [9.17, 15) is 14.9 Å². The van der Waals surface area contributed by atoms with Crippen LogP contribution >= 0.6 is 15.9 Å². The number of rotatable bonds is 5. The van der Waals surface area contributed by atoms with Crippen molar-refractivity contribution >= 4 is 33.2 Å². The molecule has 0 aliphatic rings. The topological polar surface area (TPSA) is 92.5 Å². The number of aliphatic hydroxyl groups is 1. The third-order valence-electron chi connectivity index (χ3n) is 2.55. The molecule has 0 spiro atoms. The number of carbonyl (C=O) groups excluding carboxylic acids is 1. The fourth-order valence-electron chi connectivity index (χ4n) is 1.51. The highest BCUT2D eigenvalue weighted by molar-refractivity contribution is 9.10. The van der Waals surface area contributed by atoms with Gasteiger partial charge >= 0.3 is 0 Å². The Kier molecular flexibility index (Phi) is 5.44. The fourth-order valence-corrected chi connectivity index (χ4v) is 2.06. The number of anilines is 1. The van der Waals surface area contributed by atoms with Gasteiger partial charge in [-0.25, -0.2) is 0 Å².